The first-order valence-electron chi connectivity index (χ1n) is 13.4. The minimum atomic E-state index is -4.49. The maximum atomic E-state index is 13.7. The highest BCUT2D eigenvalue weighted by atomic mass is 32.1. The molecule has 224 valence electrons. The Balaban J connectivity index is 1.70. The smallest absolute Gasteiger partial charge is 0.416 e. The average molecular weight is 620 g/mol. The van der Waals surface area contributed by atoms with Crippen molar-refractivity contribution < 1.29 is 31.9 Å². The van der Waals surface area contributed by atoms with Crippen LogP contribution in [0.1, 0.15) is 49.2 Å². The predicted molar refractivity (Wildman–Crippen MR) is 159 cm³/mol. The number of fused-ring (bicyclic) bond motifs is 1. The number of carboxylic acid groups (broad SMARTS) is 1. The lowest BCUT2D eigenvalue weighted by molar-refractivity contribution is -0.137. The van der Waals surface area contributed by atoms with Crippen LogP contribution in [-0.2, 0) is 10.6 Å². The van der Waals surface area contributed by atoms with Crippen molar-refractivity contribution in [2.75, 3.05) is 6.61 Å². The van der Waals surface area contributed by atoms with Crippen LogP contribution in [0.25, 0.3) is 21.2 Å². The number of nitrogens with one attached hydrogen (secondary N) is 1. The van der Waals surface area contributed by atoms with E-state index >= 15 is 0 Å². The van der Waals surface area contributed by atoms with E-state index in [1.165, 1.54) is 35.7 Å². The van der Waals surface area contributed by atoms with Gasteiger partial charge in [-0.2, -0.15) is 17.6 Å². The van der Waals surface area contributed by atoms with Crippen molar-refractivity contribution in [2.45, 2.75) is 63.5 Å². The molecule has 0 spiro atoms. The number of aromatic nitrogens is 2. The molecule has 2 aromatic heterocycles. The number of hydrogen-bond acceptors (Lipinski definition) is 5. The van der Waals surface area contributed by atoms with Crippen molar-refractivity contribution in [2.24, 2.45) is 0 Å². The van der Waals surface area contributed by atoms with E-state index in [0.29, 0.717) is 16.0 Å². The average Bonchev–Trinajstić information content (AvgIpc) is 3.38. The molecule has 2 aromatic carbocycles. The largest absolute Gasteiger partial charge is 0.465 e. The molecule has 0 aliphatic carbocycles. The third-order valence-corrected chi connectivity index (χ3v) is 13.4. The fourth-order valence-corrected chi connectivity index (χ4v) is 6.39. The molecule has 0 saturated heterocycles. The van der Waals surface area contributed by atoms with E-state index in [2.05, 4.69) is 49.1 Å². The van der Waals surface area contributed by atoms with Gasteiger partial charge in [-0.25, -0.2) is 14.8 Å². The standard InChI is InChI=1S/C30H33F4N3O3SSi/c1-29(2,3)42(4,5)40-17-23(37-28(38)39)14-24(18-8-10-22(11-9-18)30(32,33)34)27-36-16-25(41-27)19-6-7-20-15-35-26(31)13-21(20)12-19/h6-13,15-16,23-24,37H,14,17H2,1-5H3,(H,38,39). The van der Waals surface area contributed by atoms with E-state index in [0.717, 1.165) is 28.0 Å². The summed E-state index contributed by atoms with van der Waals surface area (Å²) in [5.41, 5.74) is 0.591. The number of amides is 1. The second kappa shape index (κ2) is 12.1. The van der Waals surface area contributed by atoms with Gasteiger partial charge in [0.15, 0.2) is 8.32 Å². The Morgan fingerprint density at radius 2 is 1.71 bits per heavy atom. The minimum absolute atomic E-state index is 0.101. The number of benzene rings is 2. The van der Waals surface area contributed by atoms with Crippen LogP contribution < -0.4 is 5.32 Å². The maximum absolute atomic E-state index is 13.7. The molecule has 0 saturated carbocycles. The molecule has 4 aromatic rings. The SMILES string of the molecule is CC(C)(C)[Si](C)(C)OCC(CC(c1ccc(C(F)(F)F)cc1)c1ncc(-c2ccc3cnc(F)cc3c2)s1)NC(=O)O. The summed E-state index contributed by atoms with van der Waals surface area (Å²) in [6, 6.07) is 11.1. The topological polar surface area (TPSA) is 84.3 Å². The van der Waals surface area contributed by atoms with Gasteiger partial charge < -0.3 is 14.8 Å². The maximum Gasteiger partial charge on any atom is 0.416 e. The molecule has 0 aliphatic rings. The van der Waals surface area contributed by atoms with Crippen LogP contribution in [0.4, 0.5) is 22.4 Å². The molecule has 2 atom stereocenters. The number of pyridine rings is 1. The summed E-state index contributed by atoms with van der Waals surface area (Å²) < 4.78 is 60.0. The molecule has 2 heterocycles. The van der Waals surface area contributed by atoms with Crippen molar-refractivity contribution >= 4 is 36.5 Å². The Morgan fingerprint density at radius 1 is 1.02 bits per heavy atom. The third-order valence-electron chi connectivity index (χ3n) is 7.73. The summed E-state index contributed by atoms with van der Waals surface area (Å²) in [5, 5.41) is 14.1. The van der Waals surface area contributed by atoms with Crippen LogP contribution in [0.5, 0.6) is 0 Å². The van der Waals surface area contributed by atoms with Gasteiger partial charge in [0.2, 0.25) is 5.95 Å². The first kappa shape index (κ1) is 31.6. The van der Waals surface area contributed by atoms with E-state index in [9.17, 15) is 27.5 Å². The zero-order valence-electron chi connectivity index (χ0n) is 23.9. The van der Waals surface area contributed by atoms with Crippen LogP contribution in [-0.4, -0.2) is 42.1 Å². The summed E-state index contributed by atoms with van der Waals surface area (Å²) in [6.07, 6.45) is -2.37. The number of thiazole rings is 1. The van der Waals surface area contributed by atoms with Gasteiger partial charge in [0.05, 0.1) is 23.1 Å². The lowest BCUT2D eigenvalue weighted by Crippen LogP contribution is -2.46. The van der Waals surface area contributed by atoms with Gasteiger partial charge in [0.1, 0.15) is 5.01 Å². The molecule has 12 heteroatoms. The van der Waals surface area contributed by atoms with Gasteiger partial charge in [-0.05, 0) is 59.3 Å². The first-order chi connectivity index (χ1) is 19.5. The van der Waals surface area contributed by atoms with Crippen LogP contribution in [0.15, 0.2) is 60.9 Å². The molecular formula is C30H33F4N3O3SSi. The van der Waals surface area contributed by atoms with E-state index < -0.39 is 44.1 Å². The summed E-state index contributed by atoms with van der Waals surface area (Å²) in [4.78, 5) is 20.8. The Morgan fingerprint density at radius 3 is 2.33 bits per heavy atom. The molecule has 0 aliphatic heterocycles. The van der Waals surface area contributed by atoms with Gasteiger partial charge in [0.25, 0.3) is 0 Å². The zero-order chi connectivity index (χ0) is 30.9. The lowest BCUT2D eigenvalue weighted by Gasteiger charge is -2.37. The van der Waals surface area contributed by atoms with Gasteiger partial charge in [0, 0.05) is 29.8 Å². The number of nitrogens with zero attached hydrogens (tertiary/aromatic N) is 2. The number of halogens is 4. The molecule has 6 nitrogen and oxygen atoms in total. The summed E-state index contributed by atoms with van der Waals surface area (Å²) in [7, 11) is -2.23. The first-order valence-corrected chi connectivity index (χ1v) is 17.1. The van der Waals surface area contributed by atoms with Gasteiger partial charge in [-0.15, -0.1) is 11.3 Å². The van der Waals surface area contributed by atoms with Crippen molar-refractivity contribution in [1.82, 2.24) is 15.3 Å². The van der Waals surface area contributed by atoms with E-state index in [-0.39, 0.29) is 18.1 Å². The van der Waals surface area contributed by atoms with Crippen molar-refractivity contribution in [3.63, 3.8) is 0 Å². The highest BCUT2D eigenvalue weighted by Gasteiger charge is 2.38. The highest BCUT2D eigenvalue weighted by molar-refractivity contribution is 7.15. The Bertz CT molecular complexity index is 1550. The molecular weight excluding hydrogens is 586 g/mol. The molecule has 0 fully saturated rings. The van der Waals surface area contributed by atoms with Gasteiger partial charge in [-0.3, -0.25) is 0 Å². The van der Waals surface area contributed by atoms with Crippen molar-refractivity contribution in [3.8, 4) is 10.4 Å². The van der Waals surface area contributed by atoms with E-state index in [1.54, 1.807) is 6.20 Å². The number of alkyl halides is 3. The van der Waals surface area contributed by atoms with Gasteiger partial charge >= 0.3 is 12.3 Å². The molecule has 2 N–H and O–H groups in total. The third kappa shape index (κ3) is 7.53. The molecule has 0 bridgehead atoms. The normalized spacial score (nSPS) is 14.1. The van der Waals surface area contributed by atoms with Crippen LogP contribution in [0, 0.1) is 5.95 Å². The van der Waals surface area contributed by atoms with E-state index in [4.69, 9.17) is 4.43 Å². The number of carbonyl (C=O) groups is 1. The van der Waals surface area contributed by atoms with Crippen LogP contribution >= 0.6 is 11.3 Å². The quantitative estimate of drug-likeness (QED) is 0.111. The fraction of sp³-hybridized carbons (Fsp3) is 0.367. The Hall–Kier alpha value is -3.35. The second-order valence-electron chi connectivity index (χ2n) is 11.8. The molecule has 42 heavy (non-hydrogen) atoms. The predicted octanol–water partition coefficient (Wildman–Crippen LogP) is 8.70. The summed E-state index contributed by atoms with van der Waals surface area (Å²) in [5.74, 6) is -1.11. The molecule has 1 amide bonds. The second-order valence-corrected chi connectivity index (χ2v) is 17.6. The monoisotopic (exact) mass is 619 g/mol. The Kier molecular flexibility index (Phi) is 9.10. The van der Waals surface area contributed by atoms with Crippen LogP contribution in [0.2, 0.25) is 18.1 Å². The highest BCUT2D eigenvalue weighted by Crippen LogP contribution is 2.40. The van der Waals surface area contributed by atoms with Crippen molar-refractivity contribution in [1.29, 1.82) is 0 Å². The van der Waals surface area contributed by atoms with Crippen LogP contribution in [0.3, 0.4) is 0 Å². The van der Waals surface area contributed by atoms with Gasteiger partial charge in [-0.1, -0.05) is 45.0 Å². The van der Waals surface area contributed by atoms with E-state index in [1.807, 2.05) is 18.2 Å². The molecule has 4 rings (SSSR count). The fourth-order valence-electron chi connectivity index (χ4n) is 4.29. The Labute approximate surface area is 246 Å². The summed E-state index contributed by atoms with van der Waals surface area (Å²) in [6.45, 7) is 10.5. The molecule has 0 radical (unpaired) electrons. The van der Waals surface area contributed by atoms with Crippen molar-refractivity contribution in [3.05, 3.63) is 83.0 Å². The zero-order valence-corrected chi connectivity index (χ0v) is 25.7. The number of hydrogen-bond donors (Lipinski definition) is 2. The minimum Gasteiger partial charge on any atom is -0.465 e. The summed E-state index contributed by atoms with van der Waals surface area (Å²) >= 11 is 1.35. The lowest BCUT2D eigenvalue weighted by atomic mass is 9.92. The molecule has 2 unspecified atom stereocenters. The number of rotatable bonds is 9.